The summed E-state index contributed by atoms with van der Waals surface area (Å²) in [5.41, 5.74) is 3.98. The van der Waals surface area contributed by atoms with Gasteiger partial charge in [0, 0.05) is 19.6 Å². The predicted octanol–water partition coefficient (Wildman–Crippen LogP) is 1.54. The Balaban J connectivity index is 1.66. The highest BCUT2D eigenvalue weighted by molar-refractivity contribution is 5.36. The number of aryl methyl sites for hydroxylation is 2. The van der Waals surface area contributed by atoms with Crippen molar-refractivity contribution in [3.05, 3.63) is 34.9 Å². The van der Waals surface area contributed by atoms with Crippen molar-refractivity contribution in [2.75, 3.05) is 32.8 Å². The summed E-state index contributed by atoms with van der Waals surface area (Å²) in [4.78, 5) is 2.28. The molecule has 0 amide bonds. The Morgan fingerprint density at radius 1 is 1.17 bits per heavy atom. The Bertz CT molecular complexity index is 413. The van der Waals surface area contributed by atoms with Gasteiger partial charge in [0.2, 0.25) is 0 Å². The number of morpholine rings is 1. The summed E-state index contributed by atoms with van der Waals surface area (Å²) in [5, 5.41) is 10.3. The van der Waals surface area contributed by atoms with Gasteiger partial charge in [0.05, 0.1) is 19.3 Å². The Morgan fingerprint density at radius 3 is 2.78 bits per heavy atom. The van der Waals surface area contributed by atoms with E-state index < -0.39 is 0 Å². The molecular weight excluding hydrogens is 226 g/mol. The maximum atomic E-state index is 10.3. The van der Waals surface area contributed by atoms with E-state index in [2.05, 4.69) is 23.1 Å². The number of aliphatic hydroxyl groups is 1. The van der Waals surface area contributed by atoms with Crippen molar-refractivity contribution in [1.29, 1.82) is 0 Å². The van der Waals surface area contributed by atoms with Crippen molar-refractivity contribution in [3.8, 4) is 0 Å². The van der Waals surface area contributed by atoms with Crippen molar-refractivity contribution in [1.82, 2.24) is 4.90 Å². The second kappa shape index (κ2) is 5.39. The molecular formula is C15H21NO2. The molecule has 3 heteroatoms. The van der Waals surface area contributed by atoms with Crippen LogP contribution in [0.5, 0.6) is 0 Å². The zero-order valence-electron chi connectivity index (χ0n) is 10.8. The minimum absolute atomic E-state index is 0.367. The quantitative estimate of drug-likeness (QED) is 0.879. The summed E-state index contributed by atoms with van der Waals surface area (Å²) in [7, 11) is 0. The SMILES string of the molecule is OC(CN1CCOCC1)c1ccc2c(c1)CCC2. The molecule has 3 nitrogen and oxygen atoms in total. The van der Waals surface area contributed by atoms with Gasteiger partial charge in [-0.25, -0.2) is 0 Å². The predicted molar refractivity (Wildman–Crippen MR) is 70.7 cm³/mol. The van der Waals surface area contributed by atoms with Crippen LogP contribution in [0, 0.1) is 0 Å². The van der Waals surface area contributed by atoms with Gasteiger partial charge in [-0.05, 0) is 36.0 Å². The zero-order chi connectivity index (χ0) is 12.4. The molecule has 98 valence electrons. The van der Waals surface area contributed by atoms with Crippen LogP contribution in [0.1, 0.15) is 29.2 Å². The van der Waals surface area contributed by atoms with Crippen LogP contribution in [0.2, 0.25) is 0 Å². The van der Waals surface area contributed by atoms with Crippen LogP contribution in [0.25, 0.3) is 0 Å². The second-order valence-electron chi connectivity index (χ2n) is 5.31. The van der Waals surface area contributed by atoms with Gasteiger partial charge in [-0.1, -0.05) is 18.2 Å². The van der Waals surface area contributed by atoms with Crippen LogP contribution in [-0.2, 0) is 17.6 Å². The van der Waals surface area contributed by atoms with E-state index in [1.807, 2.05) is 0 Å². The molecule has 1 N–H and O–H groups in total. The first kappa shape index (κ1) is 12.2. The van der Waals surface area contributed by atoms with E-state index in [9.17, 15) is 5.11 Å². The van der Waals surface area contributed by atoms with Gasteiger partial charge in [0.1, 0.15) is 0 Å². The van der Waals surface area contributed by atoms with Crippen LogP contribution in [0.15, 0.2) is 18.2 Å². The Kier molecular flexibility index (Phi) is 3.64. The maximum absolute atomic E-state index is 10.3. The molecule has 3 rings (SSSR count). The average molecular weight is 247 g/mol. The van der Waals surface area contributed by atoms with Crippen LogP contribution in [0.3, 0.4) is 0 Å². The molecule has 1 atom stereocenters. The summed E-state index contributed by atoms with van der Waals surface area (Å²) in [6.45, 7) is 4.17. The molecule has 1 aromatic carbocycles. The van der Waals surface area contributed by atoms with Gasteiger partial charge >= 0.3 is 0 Å². The van der Waals surface area contributed by atoms with Gasteiger partial charge in [-0.2, -0.15) is 0 Å². The number of β-amino-alcohol motifs (C(OH)–C–C–N with tert-alkyl or cyclic N) is 1. The summed E-state index contributed by atoms with van der Waals surface area (Å²) in [6.07, 6.45) is 3.27. The molecule has 1 saturated heterocycles. The molecule has 18 heavy (non-hydrogen) atoms. The summed E-state index contributed by atoms with van der Waals surface area (Å²) < 4.78 is 5.32. The highest BCUT2D eigenvalue weighted by atomic mass is 16.5. The van der Waals surface area contributed by atoms with Gasteiger partial charge in [0.25, 0.3) is 0 Å². The normalized spacial score (nSPS) is 21.8. The fourth-order valence-electron chi connectivity index (χ4n) is 2.93. The fraction of sp³-hybridized carbons (Fsp3) is 0.600. The van der Waals surface area contributed by atoms with Gasteiger partial charge in [-0.15, -0.1) is 0 Å². The first-order valence-corrected chi connectivity index (χ1v) is 6.93. The lowest BCUT2D eigenvalue weighted by Gasteiger charge is -2.28. The number of aliphatic hydroxyl groups excluding tert-OH is 1. The molecule has 0 spiro atoms. The molecule has 2 aliphatic rings. The topological polar surface area (TPSA) is 32.7 Å². The van der Waals surface area contributed by atoms with E-state index in [1.54, 1.807) is 0 Å². The monoisotopic (exact) mass is 247 g/mol. The van der Waals surface area contributed by atoms with E-state index in [-0.39, 0.29) is 6.10 Å². The lowest BCUT2D eigenvalue weighted by Crippen LogP contribution is -2.38. The summed E-state index contributed by atoms with van der Waals surface area (Å²) >= 11 is 0. The molecule has 1 aliphatic heterocycles. The molecule has 0 radical (unpaired) electrons. The Labute approximate surface area is 108 Å². The van der Waals surface area contributed by atoms with E-state index in [0.29, 0.717) is 0 Å². The largest absolute Gasteiger partial charge is 0.387 e. The molecule has 0 bridgehead atoms. The van der Waals surface area contributed by atoms with Crippen LogP contribution < -0.4 is 0 Å². The smallest absolute Gasteiger partial charge is 0.0917 e. The summed E-state index contributed by atoms with van der Waals surface area (Å²) in [5.74, 6) is 0. The fourth-order valence-corrected chi connectivity index (χ4v) is 2.93. The summed E-state index contributed by atoms with van der Waals surface area (Å²) in [6, 6.07) is 6.49. The van der Waals surface area contributed by atoms with Gasteiger partial charge in [0.15, 0.2) is 0 Å². The third kappa shape index (κ3) is 2.58. The third-order valence-electron chi connectivity index (χ3n) is 4.04. The minimum atomic E-state index is -0.367. The molecule has 1 unspecified atom stereocenters. The Hall–Kier alpha value is -0.900. The molecule has 1 aromatic rings. The molecule has 1 heterocycles. The second-order valence-corrected chi connectivity index (χ2v) is 5.31. The Morgan fingerprint density at radius 2 is 1.94 bits per heavy atom. The molecule has 1 fully saturated rings. The van der Waals surface area contributed by atoms with Crippen LogP contribution >= 0.6 is 0 Å². The number of benzene rings is 1. The van der Waals surface area contributed by atoms with E-state index in [0.717, 1.165) is 38.4 Å². The maximum Gasteiger partial charge on any atom is 0.0917 e. The molecule has 0 aromatic heterocycles. The van der Waals surface area contributed by atoms with Gasteiger partial charge < -0.3 is 9.84 Å². The van der Waals surface area contributed by atoms with Crippen molar-refractivity contribution >= 4 is 0 Å². The van der Waals surface area contributed by atoms with Crippen molar-refractivity contribution in [2.45, 2.75) is 25.4 Å². The van der Waals surface area contributed by atoms with E-state index in [1.165, 1.54) is 30.4 Å². The number of hydrogen-bond donors (Lipinski definition) is 1. The highest BCUT2D eigenvalue weighted by Gasteiger charge is 2.18. The minimum Gasteiger partial charge on any atom is -0.387 e. The highest BCUT2D eigenvalue weighted by Crippen LogP contribution is 2.25. The van der Waals surface area contributed by atoms with E-state index >= 15 is 0 Å². The third-order valence-corrected chi connectivity index (χ3v) is 4.04. The number of fused-ring (bicyclic) bond motifs is 1. The first-order chi connectivity index (χ1) is 8.83. The van der Waals surface area contributed by atoms with Crippen molar-refractivity contribution in [3.63, 3.8) is 0 Å². The number of nitrogens with zero attached hydrogens (tertiary/aromatic N) is 1. The average Bonchev–Trinajstić information content (AvgIpc) is 2.87. The lowest BCUT2D eigenvalue weighted by molar-refractivity contribution is 0.0143. The van der Waals surface area contributed by atoms with Gasteiger partial charge in [-0.3, -0.25) is 4.90 Å². The lowest BCUT2D eigenvalue weighted by atomic mass is 10.0. The number of rotatable bonds is 3. The van der Waals surface area contributed by atoms with Crippen molar-refractivity contribution < 1.29 is 9.84 Å². The van der Waals surface area contributed by atoms with Crippen molar-refractivity contribution in [2.24, 2.45) is 0 Å². The standard InChI is InChI=1S/C15H21NO2/c17-15(11-16-6-8-18-9-7-16)14-5-4-12-2-1-3-13(12)10-14/h4-5,10,15,17H,1-3,6-9,11H2. The number of hydrogen-bond acceptors (Lipinski definition) is 3. The molecule has 0 saturated carbocycles. The van der Waals surface area contributed by atoms with Crippen LogP contribution in [0.4, 0.5) is 0 Å². The zero-order valence-corrected chi connectivity index (χ0v) is 10.8. The molecule has 1 aliphatic carbocycles. The first-order valence-electron chi connectivity index (χ1n) is 6.93. The van der Waals surface area contributed by atoms with Crippen LogP contribution in [-0.4, -0.2) is 42.9 Å². The van der Waals surface area contributed by atoms with E-state index in [4.69, 9.17) is 4.74 Å². The number of ether oxygens (including phenoxy) is 1.